The summed E-state index contributed by atoms with van der Waals surface area (Å²) >= 11 is 0. The van der Waals surface area contributed by atoms with Gasteiger partial charge in [-0.3, -0.25) is 9.80 Å². The quantitative estimate of drug-likeness (QED) is 0.0656. The van der Waals surface area contributed by atoms with E-state index in [4.69, 9.17) is 38.6 Å². The predicted molar refractivity (Wildman–Crippen MR) is 251 cm³/mol. The molecule has 17 heteroatoms. The molecule has 0 spiro atoms. The number of anilines is 1. The summed E-state index contributed by atoms with van der Waals surface area (Å²) in [6, 6.07) is 4.96. The molecule has 67 heavy (non-hydrogen) atoms. The summed E-state index contributed by atoms with van der Waals surface area (Å²) < 4.78 is 94.6. The number of nitrogens with zero attached hydrogens (tertiary/aromatic N) is 6. The lowest BCUT2D eigenvalue weighted by molar-refractivity contribution is -0.0132. The molecule has 5 aliphatic rings. The molecule has 2 bridgehead atoms. The fourth-order valence-corrected chi connectivity index (χ4v) is 17.3. The van der Waals surface area contributed by atoms with E-state index in [1.165, 1.54) is 13.2 Å². The van der Waals surface area contributed by atoms with Crippen LogP contribution in [-0.2, 0) is 9.47 Å². The number of piperazine rings is 1. The summed E-state index contributed by atoms with van der Waals surface area (Å²) in [6.45, 7) is 20.7. The number of aromatic nitrogens is 3. The highest BCUT2D eigenvalue weighted by molar-refractivity contribution is 6.90. The molecule has 4 saturated heterocycles. The van der Waals surface area contributed by atoms with Crippen LogP contribution in [0.15, 0.2) is 24.3 Å². The minimum absolute atomic E-state index is 0.0278. The number of rotatable bonds is 10. The van der Waals surface area contributed by atoms with Crippen LogP contribution in [0.2, 0.25) is 16.6 Å². The zero-order valence-corrected chi connectivity index (χ0v) is 41.4. The van der Waals surface area contributed by atoms with Crippen molar-refractivity contribution in [3.8, 4) is 40.4 Å². The number of amides is 1. The molecule has 5 atom stereocenters. The van der Waals surface area contributed by atoms with Crippen LogP contribution >= 0.6 is 0 Å². The van der Waals surface area contributed by atoms with Crippen molar-refractivity contribution in [2.75, 3.05) is 45.0 Å². The summed E-state index contributed by atoms with van der Waals surface area (Å²) in [5, 5.41) is 1.05. The molecule has 2 aromatic carbocycles. The average Bonchev–Trinajstić information content (AvgIpc) is 3.60. The highest BCUT2D eigenvalue weighted by atomic mass is 28.3. The van der Waals surface area contributed by atoms with E-state index in [9.17, 15) is 13.6 Å². The Balaban J connectivity index is 1.26. The molecule has 0 saturated carbocycles. The van der Waals surface area contributed by atoms with E-state index < -0.39 is 55.0 Å². The fourth-order valence-electron chi connectivity index (χ4n) is 12.1. The van der Waals surface area contributed by atoms with E-state index in [1.54, 1.807) is 28.0 Å². The van der Waals surface area contributed by atoms with E-state index in [0.29, 0.717) is 54.7 Å². The maximum Gasteiger partial charge on any atom is 0.410 e. The lowest BCUT2D eigenvalue weighted by atomic mass is 9.85. The topological polar surface area (TPSA) is 112 Å². The van der Waals surface area contributed by atoms with Gasteiger partial charge in [0.1, 0.15) is 60.4 Å². The number of hydrogen-bond donors (Lipinski definition) is 0. The summed E-state index contributed by atoms with van der Waals surface area (Å²) in [7, 11) is -0.908. The second kappa shape index (κ2) is 16.9. The Morgan fingerprint density at radius 3 is 2.37 bits per heavy atom. The van der Waals surface area contributed by atoms with E-state index in [1.807, 2.05) is 32.6 Å². The van der Waals surface area contributed by atoms with Gasteiger partial charge in [0.05, 0.1) is 35.8 Å². The van der Waals surface area contributed by atoms with Crippen LogP contribution in [0.1, 0.15) is 100 Å². The van der Waals surface area contributed by atoms with Crippen molar-refractivity contribution in [2.45, 2.75) is 153 Å². The number of methoxy groups -OCH3 is 1. The molecule has 0 unspecified atom stereocenters. The first kappa shape index (κ1) is 47.2. The first-order valence-corrected chi connectivity index (χ1v) is 25.8. The first-order valence-electron chi connectivity index (χ1n) is 23.6. The van der Waals surface area contributed by atoms with E-state index >= 15 is 8.78 Å². The zero-order chi connectivity index (χ0) is 48.1. The van der Waals surface area contributed by atoms with Crippen molar-refractivity contribution < 1.29 is 46.0 Å². The number of alkyl halides is 2. The van der Waals surface area contributed by atoms with Crippen LogP contribution < -0.4 is 19.1 Å². The molecule has 0 aliphatic carbocycles. The molecule has 0 radical (unpaired) electrons. The Morgan fingerprint density at radius 1 is 1.00 bits per heavy atom. The number of fused-ring (bicyclic) bond motifs is 7. The number of ether oxygens (including phenoxy) is 5. The van der Waals surface area contributed by atoms with E-state index in [-0.39, 0.29) is 94.7 Å². The van der Waals surface area contributed by atoms with Crippen LogP contribution in [0.5, 0.6) is 17.6 Å². The standard InChI is InChI=1S/C50H62F4N6O6Si/c1-27(2)67(28(3)4,29(5)6)19-16-34-36(51)14-12-31-20-33(64-26-62-11)21-35(38(31)34)41-40(52)42-39-44(57-46(56-42)63-25-49-17-18-58(49)24-50(53,54)23-49)59-22-32-13-15-37(43(59)30(7)65-45(39)55-41)60(32)47(61)66-48(8,9)10/h12,14,20-21,27-30,32,37,43H,13,15,17-18,22-26H2,1-11H3/t30-,32+,37-,43+,49+/m0/s1. The van der Waals surface area contributed by atoms with Gasteiger partial charge in [0.2, 0.25) is 5.88 Å². The van der Waals surface area contributed by atoms with Crippen LogP contribution in [0, 0.1) is 23.1 Å². The summed E-state index contributed by atoms with van der Waals surface area (Å²) in [6.07, 6.45) is 0.400. The van der Waals surface area contributed by atoms with Gasteiger partial charge in [-0.15, -0.1) is 5.54 Å². The monoisotopic (exact) mass is 946 g/mol. The van der Waals surface area contributed by atoms with Gasteiger partial charge in [-0.05, 0) is 87.2 Å². The molecule has 1 amide bonds. The van der Waals surface area contributed by atoms with Crippen LogP contribution in [0.3, 0.4) is 0 Å². The molecule has 7 heterocycles. The van der Waals surface area contributed by atoms with Gasteiger partial charge in [-0.1, -0.05) is 53.5 Å². The number of halogens is 4. The molecule has 0 N–H and O–H groups in total. The number of pyridine rings is 1. The second-order valence-corrected chi connectivity index (χ2v) is 26.8. The molecular weight excluding hydrogens is 885 g/mol. The van der Waals surface area contributed by atoms with Gasteiger partial charge in [0, 0.05) is 37.6 Å². The maximum atomic E-state index is 18.2. The highest BCUT2D eigenvalue weighted by Gasteiger charge is 2.60. The molecule has 5 aliphatic heterocycles. The molecule has 2 aromatic heterocycles. The maximum absolute atomic E-state index is 18.2. The SMILES string of the molecule is COCOc1cc(-c2nc3c4c(nc(OC[C@]56CCN5CC(F)(F)C6)nc4c2F)N2C[C@H]4CC[C@@H]([C@H]2[C@H](C)O3)N4C(=O)OC(C)(C)C)c2c(C#C[Si](C(C)C)(C(C)C)C(C)C)c(F)ccc2c1. The summed E-state index contributed by atoms with van der Waals surface area (Å²) in [5.41, 5.74) is 2.70. The normalized spacial score (nSPS) is 24.3. The highest BCUT2D eigenvalue weighted by Crippen LogP contribution is 2.50. The summed E-state index contributed by atoms with van der Waals surface area (Å²) in [4.78, 5) is 34.0. The van der Waals surface area contributed by atoms with Gasteiger partial charge < -0.3 is 28.6 Å². The largest absolute Gasteiger partial charge is 0.472 e. The Hall–Kier alpha value is -4.92. The van der Waals surface area contributed by atoms with Crippen molar-refractivity contribution in [1.82, 2.24) is 24.8 Å². The van der Waals surface area contributed by atoms with Gasteiger partial charge >= 0.3 is 12.1 Å². The lowest BCUT2D eigenvalue weighted by Crippen LogP contribution is -2.65. The number of carbonyl (C=O) groups excluding carboxylic acids is 1. The van der Waals surface area contributed by atoms with Gasteiger partial charge in [-0.2, -0.15) is 9.97 Å². The van der Waals surface area contributed by atoms with Crippen LogP contribution in [0.25, 0.3) is 32.9 Å². The second-order valence-electron chi connectivity index (χ2n) is 21.2. The Bertz CT molecular complexity index is 2670. The van der Waals surface area contributed by atoms with Crippen molar-refractivity contribution in [1.29, 1.82) is 0 Å². The Labute approximate surface area is 391 Å². The van der Waals surface area contributed by atoms with Crippen molar-refractivity contribution in [2.24, 2.45) is 0 Å². The molecule has 9 rings (SSSR count). The molecular formula is C50H62F4N6O6Si. The van der Waals surface area contributed by atoms with Gasteiger partial charge in [0.15, 0.2) is 12.6 Å². The van der Waals surface area contributed by atoms with Gasteiger partial charge in [0.25, 0.3) is 5.92 Å². The average molecular weight is 947 g/mol. The van der Waals surface area contributed by atoms with Crippen molar-refractivity contribution in [3.05, 3.63) is 41.5 Å². The smallest absolute Gasteiger partial charge is 0.410 e. The number of carbonyl (C=O) groups is 1. The Morgan fingerprint density at radius 2 is 1.73 bits per heavy atom. The third-order valence-electron chi connectivity index (χ3n) is 15.0. The van der Waals surface area contributed by atoms with E-state index in [0.717, 1.165) is 0 Å². The fraction of sp³-hybridized carbons (Fsp3) is 0.600. The molecule has 4 aromatic rings. The Kier molecular flexibility index (Phi) is 11.9. The molecule has 360 valence electrons. The third-order valence-corrected chi connectivity index (χ3v) is 21.3. The van der Waals surface area contributed by atoms with Crippen LogP contribution in [0.4, 0.5) is 28.2 Å². The third kappa shape index (κ3) is 8.02. The van der Waals surface area contributed by atoms with E-state index in [2.05, 4.69) is 53.0 Å². The first-order chi connectivity index (χ1) is 31.6. The molecule has 12 nitrogen and oxygen atoms in total. The predicted octanol–water partition coefficient (Wildman–Crippen LogP) is 10.3. The van der Waals surface area contributed by atoms with Crippen molar-refractivity contribution >= 4 is 41.7 Å². The number of hydrogen-bond acceptors (Lipinski definition) is 11. The lowest BCUT2D eigenvalue weighted by Gasteiger charge is -2.48. The minimum Gasteiger partial charge on any atom is -0.472 e. The zero-order valence-electron chi connectivity index (χ0n) is 40.4. The van der Waals surface area contributed by atoms with Gasteiger partial charge in [-0.25, -0.2) is 27.3 Å². The van der Waals surface area contributed by atoms with Crippen LogP contribution in [-0.4, -0.2) is 120 Å². The number of benzene rings is 2. The summed E-state index contributed by atoms with van der Waals surface area (Å²) in [5.74, 6) is -0.359. The molecule has 4 fully saturated rings. The minimum atomic E-state index is -2.88. The van der Waals surface area contributed by atoms with Crippen molar-refractivity contribution in [3.63, 3.8) is 0 Å².